The minimum absolute atomic E-state index is 0.477. The summed E-state index contributed by atoms with van der Waals surface area (Å²) in [5, 5.41) is 7.41. The van der Waals surface area contributed by atoms with Crippen LogP contribution in [0.25, 0.3) is 0 Å². The molecule has 1 aliphatic rings. The summed E-state index contributed by atoms with van der Waals surface area (Å²) in [6.45, 7) is 3.82. The van der Waals surface area contributed by atoms with Crippen molar-refractivity contribution in [1.29, 1.82) is 0 Å². The van der Waals surface area contributed by atoms with Gasteiger partial charge in [0.15, 0.2) is 0 Å². The van der Waals surface area contributed by atoms with E-state index in [1.165, 1.54) is 16.8 Å². The average molecular weight is 329 g/mol. The van der Waals surface area contributed by atoms with Crippen LogP contribution < -0.4 is 15.4 Å². The Kier molecular flexibility index (Phi) is 5.91. The number of rotatable bonds is 6. The Labute approximate surface area is 142 Å². The molecule has 2 heterocycles. The Bertz CT molecular complexity index is 612. The number of ether oxygens (including phenoxy) is 1. The lowest BCUT2D eigenvalue weighted by Crippen LogP contribution is -2.28. The fraction of sp³-hybridized carbons (Fsp3) is 0.389. The van der Waals surface area contributed by atoms with Gasteiger partial charge in [0.2, 0.25) is 0 Å². The molecule has 1 atom stereocenters. The molecule has 1 fully saturated rings. The van der Waals surface area contributed by atoms with Crippen molar-refractivity contribution < 1.29 is 4.74 Å². The molecular weight excluding hydrogens is 306 g/mol. The van der Waals surface area contributed by atoms with Crippen molar-refractivity contribution in [2.24, 2.45) is 0 Å². The summed E-state index contributed by atoms with van der Waals surface area (Å²) in [4.78, 5) is 4.55. The molecule has 0 amide bonds. The van der Waals surface area contributed by atoms with Crippen molar-refractivity contribution >= 4 is 11.8 Å². The molecule has 1 unspecified atom stereocenters. The standard InChI is InChI=1S/C18H23N3OS/c1-22-16-4-2-14(3-5-16)11-20-12-15-6-7-21-17(10-15)18-13-19-8-9-23-18/h2-7,10,18-20H,8-9,11-13H2,1H3. The van der Waals surface area contributed by atoms with Crippen molar-refractivity contribution in [3.05, 3.63) is 59.4 Å². The van der Waals surface area contributed by atoms with Gasteiger partial charge in [-0.2, -0.15) is 0 Å². The SMILES string of the molecule is COc1ccc(CNCc2ccnc(C3CNCCS3)c2)cc1. The van der Waals surface area contributed by atoms with E-state index in [2.05, 4.69) is 39.9 Å². The number of benzene rings is 1. The highest BCUT2D eigenvalue weighted by Crippen LogP contribution is 2.28. The number of hydrogen-bond donors (Lipinski definition) is 2. The lowest BCUT2D eigenvalue weighted by Gasteiger charge is -2.22. The van der Waals surface area contributed by atoms with Gasteiger partial charge in [0.1, 0.15) is 5.75 Å². The zero-order valence-corrected chi connectivity index (χ0v) is 14.2. The van der Waals surface area contributed by atoms with Crippen molar-refractivity contribution in [3.63, 3.8) is 0 Å². The third kappa shape index (κ3) is 4.70. The Morgan fingerprint density at radius 2 is 2.04 bits per heavy atom. The maximum absolute atomic E-state index is 5.18. The smallest absolute Gasteiger partial charge is 0.118 e. The largest absolute Gasteiger partial charge is 0.497 e. The van der Waals surface area contributed by atoms with E-state index in [1.807, 2.05) is 30.1 Å². The van der Waals surface area contributed by atoms with Crippen LogP contribution in [0.5, 0.6) is 5.75 Å². The summed E-state index contributed by atoms with van der Waals surface area (Å²) >= 11 is 1.99. The molecule has 2 N–H and O–H groups in total. The van der Waals surface area contributed by atoms with Gasteiger partial charge in [0.25, 0.3) is 0 Å². The van der Waals surface area contributed by atoms with E-state index in [9.17, 15) is 0 Å². The number of aromatic nitrogens is 1. The first-order valence-electron chi connectivity index (χ1n) is 7.96. The van der Waals surface area contributed by atoms with E-state index in [1.54, 1.807) is 7.11 Å². The van der Waals surface area contributed by atoms with Crippen LogP contribution in [0, 0.1) is 0 Å². The van der Waals surface area contributed by atoms with Crippen LogP contribution in [0.15, 0.2) is 42.6 Å². The molecule has 0 bridgehead atoms. The van der Waals surface area contributed by atoms with E-state index in [-0.39, 0.29) is 0 Å². The van der Waals surface area contributed by atoms with Crippen LogP contribution in [0.4, 0.5) is 0 Å². The molecule has 0 saturated carbocycles. The van der Waals surface area contributed by atoms with Gasteiger partial charge in [-0.05, 0) is 35.4 Å². The molecule has 1 saturated heterocycles. The third-order valence-electron chi connectivity index (χ3n) is 3.92. The topological polar surface area (TPSA) is 46.2 Å². The lowest BCUT2D eigenvalue weighted by molar-refractivity contribution is 0.414. The fourth-order valence-electron chi connectivity index (χ4n) is 2.63. The number of pyridine rings is 1. The van der Waals surface area contributed by atoms with Gasteiger partial charge in [-0.3, -0.25) is 4.98 Å². The predicted octanol–water partition coefficient (Wildman–Crippen LogP) is 2.76. The molecule has 1 aromatic carbocycles. The maximum Gasteiger partial charge on any atom is 0.118 e. The molecule has 3 rings (SSSR count). The van der Waals surface area contributed by atoms with E-state index in [0.717, 1.165) is 37.7 Å². The van der Waals surface area contributed by atoms with Gasteiger partial charge in [0.05, 0.1) is 18.1 Å². The van der Waals surface area contributed by atoms with Crippen molar-refractivity contribution in [3.8, 4) is 5.75 Å². The Balaban J connectivity index is 1.53. The summed E-state index contributed by atoms with van der Waals surface area (Å²) in [6.07, 6.45) is 1.93. The van der Waals surface area contributed by atoms with Gasteiger partial charge in [-0.25, -0.2) is 0 Å². The Hall–Kier alpha value is -1.56. The van der Waals surface area contributed by atoms with Crippen molar-refractivity contribution in [1.82, 2.24) is 15.6 Å². The molecule has 1 aliphatic heterocycles. The normalized spacial score (nSPS) is 17.9. The zero-order chi connectivity index (χ0) is 15.9. The second-order valence-electron chi connectivity index (χ2n) is 5.60. The van der Waals surface area contributed by atoms with Crippen LogP contribution in [0.3, 0.4) is 0 Å². The summed E-state index contributed by atoms with van der Waals surface area (Å²) in [5.74, 6) is 2.05. The van der Waals surface area contributed by atoms with Crippen molar-refractivity contribution in [2.45, 2.75) is 18.3 Å². The Morgan fingerprint density at radius 3 is 2.78 bits per heavy atom. The summed E-state index contributed by atoms with van der Waals surface area (Å²) in [6, 6.07) is 12.5. The summed E-state index contributed by atoms with van der Waals surface area (Å²) in [5.41, 5.74) is 3.73. The molecule has 5 heteroatoms. The fourth-order valence-corrected chi connectivity index (χ4v) is 3.71. The Morgan fingerprint density at radius 1 is 1.22 bits per heavy atom. The minimum Gasteiger partial charge on any atom is -0.497 e. The second kappa shape index (κ2) is 8.34. The first kappa shape index (κ1) is 16.3. The highest BCUT2D eigenvalue weighted by molar-refractivity contribution is 7.99. The molecule has 4 nitrogen and oxygen atoms in total. The first-order valence-corrected chi connectivity index (χ1v) is 9.01. The van der Waals surface area contributed by atoms with E-state index < -0.39 is 0 Å². The van der Waals surface area contributed by atoms with Crippen LogP contribution in [0.1, 0.15) is 22.1 Å². The number of thioether (sulfide) groups is 1. The predicted molar refractivity (Wildman–Crippen MR) is 95.8 cm³/mol. The molecule has 0 radical (unpaired) electrons. The van der Waals surface area contributed by atoms with Gasteiger partial charge < -0.3 is 15.4 Å². The summed E-state index contributed by atoms with van der Waals surface area (Å²) < 4.78 is 5.18. The van der Waals surface area contributed by atoms with Gasteiger partial charge in [-0.15, -0.1) is 11.8 Å². The van der Waals surface area contributed by atoms with Gasteiger partial charge >= 0.3 is 0 Å². The van der Waals surface area contributed by atoms with E-state index in [0.29, 0.717) is 5.25 Å². The molecule has 1 aromatic heterocycles. The first-order chi connectivity index (χ1) is 11.3. The maximum atomic E-state index is 5.18. The van der Waals surface area contributed by atoms with E-state index in [4.69, 9.17) is 4.74 Å². The quantitative estimate of drug-likeness (QED) is 0.853. The van der Waals surface area contributed by atoms with Gasteiger partial charge in [0, 0.05) is 38.1 Å². The number of methoxy groups -OCH3 is 1. The van der Waals surface area contributed by atoms with Crippen LogP contribution in [-0.2, 0) is 13.1 Å². The summed E-state index contributed by atoms with van der Waals surface area (Å²) in [7, 11) is 1.69. The van der Waals surface area contributed by atoms with Crippen molar-refractivity contribution in [2.75, 3.05) is 26.0 Å². The van der Waals surface area contributed by atoms with E-state index >= 15 is 0 Å². The molecular formula is C18H23N3OS. The second-order valence-corrected chi connectivity index (χ2v) is 6.91. The average Bonchev–Trinajstić information content (AvgIpc) is 2.63. The number of nitrogens with one attached hydrogen (secondary N) is 2. The highest BCUT2D eigenvalue weighted by atomic mass is 32.2. The number of hydrogen-bond acceptors (Lipinski definition) is 5. The lowest BCUT2D eigenvalue weighted by atomic mass is 10.1. The molecule has 2 aromatic rings. The highest BCUT2D eigenvalue weighted by Gasteiger charge is 2.16. The monoisotopic (exact) mass is 329 g/mol. The number of nitrogens with zero attached hydrogens (tertiary/aromatic N) is 1. The molecule has 122 valence electrons. The molecule has 23 heavy (non-hydrogen) atoms. The molecule has 0 aliphatic carbocycles. The molecule has 0 spiro atoms. The van der Waals surface area contributed by atoms with Crippen LogP contribution in [-0.4, -0.2) is 30.9 Å². The minimum atomic E-state index is 0.477. The van der Waals surface area contributed by atoms with Crippen LogP contribution in [0.2, 0.25) is 0 Å². The third-order valence-corrected chi connectivity index (χ3v) is 5.17. The van der Waals surface area contributed by atoms with Gasteiger partial charge in [-0.1, -0.05) is 12.1 Å². The zero-order valence-electron chi connectivity index (χ0n) is 13.4. The van der Waals surface area contributed by atoms with Crippen LogP contribution >= 0.6 is 11.8 Å².